The number of nitrogens with zero attached hydrogens (tertiary/aromatic N) is 1. The van der Waals surface area contributed by atoms with Crippen LogP contribution in [0.4, 0.5) is 4.39 Å². The fourth-order valence-electron chi connectivity index (χ4n) is 5.78. The van der Waals surface area contributed by atoms with Crippen LogP contribution in [0.25, 0.3) is 0 Å². The van der Waals surface area contributed by atoms with E-state index in [0.717, 1.165) is 44.3 Å². The molecule has 1 saturated heterocycles. The molecule has 1 aromatic carbocycles. The van der Waals surface area contributed by atoms with E-state index in [4.69, 9.17) is 9.47 Å². The third kappa shape index (κ3) is 4.80. The molecule has 5 nitrogen and oxygen atoms in total. The highest BCUT2D eigenvalue weighted by atomic mass is 19.1. The summed E-state index contributed by atoms with van der Waals surface area (Å²) in [6.07, 6.45) is 8.31. The summed E-state index contributed by atoms with van der Waals surface area (Å²) >= 11 is 0. The van der Waals surface area contributed by atoms with Crippen molar-refractivity contribution < 1.29 is 18.7 Å². The maximum atomic E-state index is 13.2. The fourth-order valence-corrected chi connectivity index (χ4v) is 5.78. The van der Waals surface area contributed by atoms with E-state index < -0.39 is 5.41 Å². The van der Waals surface area contributed by atoms with E-state index in [1.807, 2.05) is 19.1 Å². The van der Waals surface area contributed by atoms with Crippen molar-refractivity contribution in [2.45, 2.75) is 70.1 Å². The van der Waals surface area contributed by atoms with Gasteiger partial charge in [0, 0.05) is 25.2 Å². The molecule has 33 heavy (non-hydrogen) atoms. The minimum Gasteiger partial charge on any atom is -0.489 e. The minimum atomic E-state index is -0.487. The van der Waals surface area contributed by atoms with E-state index in [1.54, 1.807) is 0 Å². The second-order valence-corrected chi connectivity index (χ2v) is 10.2. The number of ether oxygens (including phenoxy) is 2. The lowest BCUT2D eigenvalue weighted by Crippen LogP contribution is -2.53. The van der Waals surface area contributed by atoms with Crippen molar-refractivity contribution in [3.05, 3.63) is 41.7 Å². The lowest BCUT2D eigenvalue weighted by Gasteiger charge is -2.53. The smallest absolute Gasteiger partial charge is 0.226 e. The number of carbonyl (C=O) groups excluding carboxylic acids is 1. The molecule has 3 aliphatic carbocycles. The van der Waals surface area contributed by atoms with E-state index in [2.05, 4.69) is 23.5 Å². The molecule has 0 spiro atoms. The van der Waals surface area contributed by atoms with Crippen molar-refractivity contribution in [1.82, 2.24) is 5.32 Å². The third-order valence-electron chi connectivity index (χ3n) is 8.50. The number of hydrogen-bond donors (Lipinski definition) is 1. The van der Waals surface area contributed by atoms with Gasteiger partial charge in [0.15, 0.2) is 0 Å². The Hall–Kier alpha value is -2.39. The first-order valence-electron chi connectivity index (χ1n) is 12.3. The van der Waals surface area contributed by atoms with Crippen LogP contribution in [0.3, 0.4) is 0 Å². The number of nitriles is 1. The van der Waals surface area contributed by atoms with Gasteiger partial charge in [-0.2, -0.15) is 5.26 Å². The molecule has 0 unspecified atom stereocenters. The van der Waals surface area contributed by atoms with Gasteiger partial charge in [-0.15, -0.1) is 0 Å². The molecule has 1 N–H and O–H groups in total. The molecule has 1 amide bonds. The largest absolute Gasteiger partial charge is 0.489 e. The molecule has 6 heteroatoms. The third-order valence-corrected chi connectivity index (χ3v) is 8.50. The average molecular weight is 455 g/mol. The van der Waals surface area contributed by atoms with Crippen LogP contribution in [-0.2, 0) is 14.9 Å². The van der Waals surface area contributed by atoms with Crippen molar-refractivity contribution in [3.8, 4) is 11.8 Å². The zero-order valence-corrected chi connectivity index (χ0v) is 19.6. The molecule has 2 bridgehead atoms. The maximum Gasteiger partial charge on any atom is 0.226 e. The van der Waals surface area contributed by atoms with E-state index in [-0.39, 0.29) is 23.3 Å². The molecule has 4 fully saturated rings. The molecule has 1 aromatic rings. The van der Waals surface area contributed by atoms with Gasteiger partial charge in [0.2, 0.25) is 5.91 Å². The fraction of sp³-hybridized carbons (Fsp3) is 0.630. The lowest BCUT2D eigenvalue weighted by atomic mass is 9.51. The molecule has 3 saturated carbocycles. The number of halogens is 1. The Kier molecular flexibility index (Phi) is 7.09. The predicted octanol–water partition coefficient (Wildman–Crippen LogP) is 5.36. The predicted molar refractivity (Wildman–Crippen MR) is 124 cm³/mol. The van der Waals surface area contributed by atoms with Crippen LogP contribution in [0.2, 0.25) is 0 Å². The Morgan fingerprint density at radius 3 is 2.30 bits per heavy atom. The number of hydrogen-bond acceptors (Lipinski definition) is 4. The lowest BCUT2D eigenvalue weighted by molar-refractivity contribution is -0.138. The van der Waals surface area contributed by atoms with Gasteiger partial charge in [-0.25, -0.2) is 4.39 Å². The first-order chi connectivity index (χ1) is 16.0. The molecule has 0 atom stereocenters. The maximum absolute atomic E-state index is 13.2. The highest BCUT2D eigenvalue weighted by molar-refractivity contribution is 5.83. The highest BCUT2D eigenvalue weighted by Crippen LogP contribution is 2.58. The second kappa shape index (κ2) is 9.85. The Balaban J connectivity index is 1.34. The van der Waals surface area contributed by atoms with Crippen LogP contribution in [0, 0.1) is 22.2 Å². The summed E-state index contributed by atoms with van der Waals surface area (Å²) in [5.74, 6) is 0.885. The Morgan fingerprint density at radius 1 is 1.12 bits per heavy atom. The molecule has 0 aromatic heterocycles. The highest BCUT2D eigenvalue weighted by Gasteiger charge is 2.53. The van der Waals surface area contributed by atoms with Crippen molar-refractivity contribution in [2.24, 2.45) is 10.8 Å². The van der Waals surface area contributed by atoms with Crippen LogP contribution in [0.5, 0.6) is 5.75 Å². The van der Waals surface area contributed by atoms with Gasteiger partial charge in [0.1, 0.15) is 12.4 Å². The topological polar surface area (TPSA) is 71.3 Å². The van der Waals surface area contributed by atoms with Gasteiger partial charge in [0.25, 0.3) is 0 Å². The van der Waals surface area contributed by atoms with Crippen molar-refractivity contribution in [2.75, 3.05) is 26.4 Å². The number of amides is 1. The van der Waals surface area contributed by atoms with Gasteiger partial charge in [-0.05, 0) is 86.5 Å². The van der Waals surface area contributed by atoms with Crippen molar-refractivity contribution in [1.29, 1.82) is 5.26 Å². The summed E-state index contributed by atoms with van der Waals surface area (Å²) in [6.45, 7) is 3.79. The summed E-state index contributed by atoms with van der Waals surface area (Å²) < 4.78 is 23.9. The number of fused-ring (bicyclic) bond motifs is 3. The van der Waals surface area contributed by atoms with Gasteiger partial charge < -0.3 is 14.8 Å². The number of rotatable bonds is 8. The molecule has 178 valence electrons. The van der Waals surface area contributed by atoms with Gasteiger partial charge in [0.05, 0.1) is 17.8 Å². The van der Waals surface area contributed by atoms with Gasteiger partial charge in [-0.3, -0.25) is 4.79 Å². The summed E-state index contributed by atoms with van der Waals surface area (Å²) in [5, 5.41) is 12.8. The van der Waals surface area contributed by atoms with E-state index in [0.29, 0.717) is 50.9 Å². The molecule has 5 rings (SSSR count). The van der Waals surface area contributed by atoms with Crippen LogP contribution < -0.4 is 10.1 Å². The molecule has 1 aliphatic heterocycles. The monoisotopic (exact) mass is 454 g/mol. The van der Waals surface area contributed by atoms with E-state index in [1.165, 1.54) is 5.56 Å². The second-order valence-electron chi connectivity index (χ2n) is 10.2. The summed E-state index contributed by atoms with van der Waals surface area (Å²) in [6, 6.07) is 10.7. The summed E-state index contributed by atoms with van der Waals surface area (Å²) in [7, 11) is 0. The van der Waals surface area contributed by atoms with E-state index in [9.17, 15) is 14.4 Å². The van der Waals surface area contributed by atoms with Gasteiger partial charge >= 0.3 is 0 Å². The van der Waals surface area contributed by atoms with Crippen LogP contribution >= 0.6 is 0 Å². The SMILES string of the molecule is CC/C(=C\F)COc1ccc(C23CCC(C(=O)NCC4(C#N)CCOCC4)(CC2)CC3)cc1. The first-order valence-corrected chi connectivity index (χ1v) is 12.3. The molecule has 0 radical (unpaired) electrons. The number of nitrogens with one attached hydrogen (secondary N) is 1. The van der Waals surface area contributed by atoms with E-state index >= 15 is 0 Å². The summed E-state index contributed by atoms with van der Waals surface area (Å²) in [5.41, 5.74) is 1.30. The van der Waals surface area contributed by atoms with Crippen LogP contribution in [0.1, 0.15) is 70.3 Å². The van der Waals surface area contributed by atoms with Crippen molar-refractivity contribution in [3.63, 3.8) is 0 Å². The first kappa shape index (κ1) is 23.8. The average Bonchev–Trinajstić information content (AvgIpc) is 2.90. The zero-order valence-electron chi connectivity index (χ0n) is 19.6. The molecular formula is C27H35FN2O3. The Bertz CT molecular complexity index is 888. The Labute approximate surface area is 196 Å². The molecule has 4 aliphatic rings. The van der Waals surface area contributed by atoms with Crippen molar-refractivity contribution >= 4 is 5.91 Å². The zero-order chi connectivity index (χ0) is 23.4. The number of benzene rings is 1. The molecular weight excluding hydrogens is 419 g/mol. The minimum absolute atomic E-state index is 0.128. The van der Waals surface area contributed by atoms with Crippen LogP contribution in [0.15, 0.2) is 36.2 Å². The van der Waals surface area contributed by atoms with Gasteiger partial charge in [-0.1, -0.05) is 19.1 Å². The normalized spacial score (nSPS) is 28.7. The summed E-state index contributed by atoms with van der Waals surface area (Å²) in [4.78, 5) is 13.2. The number of carbonyl (C=O) groups is 1. The Morgan fingerprint density at radius 2 is 1.76 bits per heavy atom. The quantitative estimate of drug-likeness (QED) is 0.574. The molecule has 1 heterocycles. The standard InChI is InChI=1S/C27H35FN2O3/c1-2-21(17-28)18-33-23-5-3-22(4-6-23)26-7-10-27(11-8-26,12-9-26)24(31)30-20-25(19-29)13-15-32-16-14-25/h3-6,17H,2,7-16,18,20H2,1H3,(H,30,31)/b21-17+. The van der Waals surface area contributed by atoms with Crippen LogP contribution in [-0.4, -0.2) is 32.3 Å².